The zero-order valence-electron chi connectivity index (χ0n) is 11.7. The molecule has 0 bridgehead atoms. The molecule has 21 heavy (non-hydrogen) atoms. The molecule has 0 aromatic carbocycles. The standard InChI is InChI=1S/C14H17ClN6/c15-12-9-13(18-14(17-12)10-1-2-10)20-6-3-11(4-7-20)21-8-5-16-19-21/h5,8-11H,1-4,6-7H2. The fraction of sp³-hybridized carbons (Fsp3) is 0.571. The molecule has 0 amide bonds. The van der Waals surface area contributed by atoms with Crippen LogP contribution in [0.15, 0.2) is 18.5 Å². The Morgan fingerprint density at radius 1 is 1.10 bits per heavy atom. The second kappa shape index (κ2) is 5.26. The molecule has 110 valence electrons. The molecule has 2 fully saturated rings. The SMILES string of the molecule is Clc1cc(N2CCC(n3ccnn3)CC2)nc(C2CC2)n1. The number of piperidine rings is 1. The zero-order chi connectivity index (χ0) is 14.2. The van der Waals surface area contributed by atoms with E-state index in [0.29, 0.717) is 17.1 Å². The second-order valence-electron chi connectivity index (χ2n) is 5.78. The van der Waals surface area contributed by atoms with E-state index in [1.165, 1.54) is 12.8 Å². The molecule has 4 rings (SSSR count). The maximum absolute atomic E-state index is 6.15. The highest BCUT2D eigenvalue weighted by Gasteiger charge is 2.28. The Hall–Kier alpha value is -1.69. The number of anilines is 1. The number of halogens is 1. The van der Waals surface area contributed by atoms with E-state index in [-0.39, 0.29) is 0 Å². The van der Waals surface area contributed by atoms with Crippen LogP contribution < -0.4 is 4.90 Å². The van der Waals surface area contributed by atoms with Gasteiger partial charge in [0, 0.05) is 31.3 Å². The smallest absolute Gasteiger partial charge is 0.135 e. The summed E-state index contributed by atoms with van der Waals surface area (Å²) < 4.78 is 1.96. The van der Waals surface area contributed by atoms with Crippen LogP contribution in [0, 0.1) is 0 Å². The van der Waals surface area contributed by atoms with Gasteiger partial charge in [0.2, 0.25) is 0 Å². The van der Waals surface area contributed by atoms with Crippen molar-refractivity contribution in [3.63, 3.8) is 0 Å². The number of nitrogens with zero attached hydrogens (tertiary/aromatic N) is 6. The molecule has 6 nitrogen and oxygen atoms in total. The number of hydrogen-bond acceptors (Lipinski definition) is 5. The van der Waals surface area contributed by atoms with Crippen LogP contribution in [0.3, 0.4) is 0 Å². The van der Waals surface area contributed by atoms with Crippen molar-refractivity contribution >= 4 is 17.4 Å². The Labute approximate surface area is 128 Å². The summed E-state index contributed by atoms with van der Waals surface area (Å²) in [6.45, 7) is 1.92. The third-order valence-corrected chi connectivity index (χ3v) is 4.44. The second-order valence-corrected chi connectivity index (χ2v) is 6.17. The van der Waals surface area contributed by atoms with Crippen molar-refractivity contribution in [2.45, 2.75) is 37.6 Å². The van der Waals surface area contributed by atoms with Crippen LogP contribution >= 0.6 is 11.6 Å². The van der Waals surface area contributed by atoms with Gasteiger partial charge >= 0.3 is 0 Å². The van der Waals surface area contributed by atoms with E-state index in [9.17, 15) is 0 Å². The van der Waals surface area contributed by atoms with Gasteiger partial charge in [-0.05, 0) is 25.7 Å². The van der Waals surface area contributed by atoms with Gasteiger partial charge in [0.15, 0.2) is 0 Å². The van der Waals surface area contributed by atoms with Gasteiger partial charge in [0.1, 0.15) is 16.8 Å². The topological polar surface area (TPSA) is 59.7 Å². The maximum atomic E-state index is 6.15. The number of aromatic nitrogens is 5. The van der Waals surface area contributed by atoms with Crippen molar-refractivity contribution in [2.24, 2.45) is 0 Å². The van der Waals surface area contributed by atoms with E-state index in [4.69, 9.17) is 16.6 Å². The van der Waals surface area contributed by atoms with E-state index < -0.39 is 0 Å². The Kier molecular flexibility index (Phi) is 3.25. The van der Waals surface area contributed by atoms with Gasteiger partial charge in [0.05, 0.1) is 12.2 Å². The lowest BCUT2D eigenvalue weighted by molar-refractivity contribution is 0.359. The first kappa shape index (κ1) is 13.0. The average molecular weight is 305 g/mol. The molecule has 7 heteroatoms. The molecule has 1 saturated heterocycles. The molecule has 2 aliphatic rings. The van der Waals surface area contributed by atoms with Gasteiger partial charge in [-0.2, -0.15) is 0 Å². The molecule has 1 aliphatic carbocycles. The quantitative estimate of drug-likeness (QED) is 0.815. The highest BCUT2D eigenvalue weighted by Crippen LogP contribution is 2.39. The van der Waals surface area contributed by atoms with Crippen LogP contribution in [0.4, 0.5) is 5.82 Å². The van der Waals surface area contributed by atoms with Crippen molar-refractivity contribution in [1.29, 1.82) is 0 Å². The van der Waals surface area contributed by atoms with Gasteiger partial charge in [-0.3, -0.25) is 0 Å². The summed E-state index contributed by atoms with van der Waals surface area (Å²) in [7, 11) is 0. The Morgan fingerprint density at radius 2 is 1.90 bits per heavy atom. The molecule has 0 spiro atoms. The van der Waals surface area contributed by atoms with Gasteiger partial charge in [-0.15, -0.1) is 5.10 Å². The van der Waals surface area contributed by atoms with Crippen LogP contribution in [0.2, 0.25) is 5.15 Å². The first-order valence-corrected chi connectivity index (χ1v) is 7.82. The molecular weight excluding hydrogens is 288 g/mol. The van der Waals surface area contributed by atoms with Crippen molar-refractivity contribution in [1.82, 2.24) is 25.0 Å². The molecule has 0 radical (unpaired) electrons. The number of rotatable bonds is 3. The van der Waals surface area contributed by atoms with E-state index >= 15 is 0 Å². The van der Waals surface area contributed by atoms with Gasteiger partial charge in [-0.25, -0.2) is 14.6 Å². The third kappa shape index (κ3) is 2.72. The first-order valence-electron chi connectivity index (χ1n) is 7.45. The zero-order valence-corrected chi connectivity index (χ0v) is 12.4. The summed E-state index contributed by atoms with van der Waals surface area (Å²) in [5.74, 6) is 2.40. The van der Waals surface area contributed by atoms with Gasteiger partial charge in [-0.1, -0.05) is 16.8 Å². The minimum absolute atomic E-state index is 0.434. The van der Waals surface area contributed by atoms with E-state index in [1.807, 2.05) is 16.9 Å². The van der Waals surface area contributed by atoms with Crippen LogP contribution in [-0.2, 0) is 0 Å². The summed E-state index contributed by atoms with van der Waals surface area (Å²) in [5, 5.41) is 8.54. The summed E-state index contributed by atoms with van der Waals surface area (Å²) in [6.07, 6.45) is 8.14. The summed E-state index contributed by atoms with van der Waals surface area (Å²) >= 11 is 6.15. The lowest BCUT2D eigenvalue weighted by atomic mass is 10.1. The molecule has 0 N–H and O–H groups in total. The molecule has 0 unspecified atom stereocenters. The highest BCUT2D eigenvalue weighted by molar-refractivity contribution is 6.29. The summed E-state index contributed by atoms with van der Waals surface area (Å²) in [4.78, 5) is 11.4. The molecular formula is C14H17ClN6. The number of hydrogen-bond donors (Lipinski definition) is 0. The molecule has 2 aromatic heterocycles. The van der Waals surface area contributed by atoms with Gasteiger partial charge < -0.3 is 4.90 Å². The fourth-order valence-electron chi connectivity index (χ4n) is 2.88. The largest absolute Gasteiger partial charge is 0.356 e. The monoisotopic (exact) mass is 304 g/mol. The Bertz CT molecular complexity index is 616. The van der Waals surface area contributed by atoms with Crippen molar-refractivity contribution in [3.8, 4) is 0 Å². The summed E-state index contributed by atoms with van der Waals surface area (Å²) in [5.41, 5.74) is 0. The first-order chi connectivity index (χ1) is 10.3. The van der Waals surface area contributed by atoms with Crippen molar-refractivity contribution < 1.29 is 0 Å². The van der Waals surface area contributed by atoms with Crippen LogP contribution in [0.1, 0.15) is 43.5 Å². The lowest BCUT2D eigenvalue weighted by Crippen LogP contribution is -2.35. The average Bonchev–Trinajstić information content (AvgIpc) is 3.22. The minimum Gasteiger partial charge on any atom is -0.356 e. The molecule has 1 saturated carbocycles. The van der Waals surface area contributed by atoms with E-state index in [0.717, 1.165) is 37.6 Å². The van der Waals surface area contributed by atoms with Crippen LogP contribution in [-0.4, -0.2) is 38.1 Å². The van der Waals surface area contributed by atoms with Crippen LogP contribution in [0.25, 0.3) is 0 Å². The fourth-order valence-corrected chi connectivity index (χ4v) is 3.06. The highest BCUT2D eigenvalue weighted by atomic mass is 35.5. The minimum atomic E-state index is 0.434. The predicted octanol–water partition coefficient (Wildman–Crippen LogP) is 2.44. The maximum Gasteiger partial charge on any atom is 0.135 e. The molecule has 2 aromatic rings. The predicted molar refractivity (Wildman–Crippen MR) is 79.5 cm³/mol. The normalized spacial score (nSPS) is 20.0. The third-order valence-electron chi connectivity index (χ3n) is 4.24. The van der Waals surface area contributed by atoms with E-state index in [2.05, 4.69) is 20.2 Å². The van der Waals surface area contributed by atoms with Gasteiger partial charge in [0.25, 0.3) is 0 Å². The Morgan fingerprint density at radius 3 is 2.57 bits per heavy atom. The lowest BCUT2D eigenvalue weighted by Gasteiger charge is -2.32. The Balaban J connectivity index is 1.48. The molecule has 1 aliphatic heterocycles. The van der Waals surface area contributed by atoms with Crippen LogP contribution in [0.5, 0.6) is 0 Å². The van der Waals surface area contributed by atoms with Crippen molar-refractivity contribution in [2.75, 3.05) is 18.0 Å². The van der Waals surface area contributed by atoms with E-state index in [1.54, 1.807) is 6.20 Å². The van der Waals surface area contributed by atoms with Crippen molar-refractivity contribution in [3.05, 3.63) is 29.4 Å². The summed E-state index contributed by atoms with van der Waals surface area (Å²) in [6, 6.07) is 2.31. The molecule has 3 heterocycles. The molecule has 0 atom stereocenters.